The van der Waals surface area contributed by atoms with Gasteiger partial charge in [-0.1, -0.05) is 0 Å². The van der Waals surface area contributed by atoms with Gasteiger partial charge in [0.2, 0.25) is 0 Å². The van der Waals surface area contributed by atoms with E-state index in [0.717, 1.165) is 18.7 Å². The second-order valence-electron chi connectivity index (χ2n) is 3.88. The van der Waals surface area contributed by atoms with Gasteiger partial charge in [-0.25, -0.2) is 4.79 Å². The molecule has 15 heavy (non-hydrogen) atoms. The van der Waals surface area contributed by atoms with E-state index in [0.29, 0.717) is 5.69 Å². The minimum Gasteiger partial charge on any atom is -0.399 e. The first-order chi connectivity index (χ1) is 7.16. The number of nitrogens with zero attached hydrogens (tertiary/aromatic N) is 1. The molecule has 80 valence electrons. The third-order valence-electron chi connectivity index (χ3n) is 2.61. The summed E-state index contributed by atoms with van der Waals surface area (Å²) >= 11 is 0. The van der Waals surface area contributed by atoms with Crippen LogP contribution in [0.5, 0.6) is 0 Å². The van der Waals surface area contributed by atoms with Crippen LogP contribution in [-0.2, 0) is 0 Å². The number of nitrogens with two attached hydrogens (primary N) is 1. The predicted molar refractivity (Wildman–Crippen MR) is 60.8 cm³/mol. The lowest BCUT2D eigenvalue weighted by Crippen LogP contribution is -2.50. The van der Waals surface area contributed by atoms with E-state index in [1.807, 2.05) is 19.1 Å². The minimum absolute atomic E-state index is 0.0291. The van der Waals surface area contributed by atoms with Gasteiger partial charge in [0.1, 0.15) is 0 Å². The zero-order valence-electron chi connectivity index (χ0n) is 8.73. The Labute approximate surface area is 89.1 Å². The first-order valence-corrected chi connectivity index (χ1v) is 5.10. The molecule has 0 aromatic heterocycles. The van der Waals surface area contributed by atoms with Gasteiger partial charge >= 0.3 is 6.03 Å². The van der Waals surface area contributed by atoms with Crippen LogP contribution in [0.2, 0.25) is 0 Å². The summed E-state index contributed by atoms with van der Waals surface area (Å²) in [5.41, 5.74) is 7.20. The summed E-state index contributed by atoms with van der Waals surface area (Å²) in [6, 6.07) is 7.58. The van der Waals surface area contributed by atoms with Crippen LogP contribution in [0.3, 0.4) is 0 Å². The third-order valence-corrected chi connectivity index (χ3v) is 2.61. The molecule has 0 radical (unpaired) electrons. The largest absolute Gasteiger partial charge is 0.399 e. The molecule has 2 amide bonds. The van der Waals surface area contributed by atoms with Crippen molar-refractivity contribution in [2.45, 2.75) is 19.4 Å². The van der Waals surface area contributed by atoms with Crippen LogP contribution >= 0.6 is 0 Å². The van der Waals surface area contributed by atoms with Crippen LogP contribution in [0, 0.1) is 0 Å². The third kappa shape index (κ3) is 2.03. The number of carbonyl (C=O) groups is 1. The van der Waals surface area contributed by atoms with Crippen molar-refractivity contribution in [2.75, 3.05) is 17.2 Å². The van der Waals surface area contributed by atoms with Gasteiger partial charge in [0.25, 0.3) is 0 Å². The number of rotatable bonds is 1. The van der Waals surface area contributed by atoms with Crippen LogP contribution in [0.4, 0.5) is 16.2 Å². The summed E-state index contributed by atoms with van der Waals surface area (Å²) in [6.45, 7) is 2.77. The molecule has 0 aliphatic carbocycles. The van der Waals surface area contributed by atoms with E-state index in [9.17, 15) is 4.79 Å². The zero-order valence-corrected chi connectivity index (χ0v) is 8.73. The number of hydrogen-bond donors (Lipinski definition) is 2. The Balaban J connectivity index is 2.17. The van der Waals surface area contributed by atoms with Gasteiger partial charge in [-0.2, -0.15) is 0 Å². The summed E-state index contributed by atoms with van der Waals surface area (Å²) in [4.78, 5) is 13.4. The normalized spacial score (nSPS) is 21.3. The minimum atomic E-state index is -0.0291. The Hall–Kier alpha value is -1.71. The van der Waals surface area contributed by atoms with Crippen molar-refractivity contribution in [3.8, 4) is 0 Å². The van der Waals surface area contributed by atoms with Gasteiger partial charge in [0.05, 0.1) is 0 Å². The molecule has 1 fully saturated rings. The topological polar surface area (TPSA) is 58.4 Å². The average molecular weight is 205 g/mol. The molecule has 1 aromatic rings. The number of benzene rings is 1. The van der Waals surface area contributed by atoms with Gasteiger partial charge in [-0.15, -0.1) is 0 Å². The molecule has 3 N–H and O–H groups in total. The number of urea groups is 1. The van der Waals surface area contributed by atoms with E-state index in [-0.39, 0.29) is 12.1 Å². The van der Waals surface area contributed by atoms with Gasteiger partial charge in [-0.3, -0.25) is 4.90 Å². The van der Waals surface area contributed by atoms with Crippen LogP contribution in [-0.4, -0.2) is 18.6 Å². The lowest BCUT2D eigenvalue weighted by Gasteiger charge is -2.31. The maximum absolute atomic E-state index is 11.7. The predicted octanol–water partition coefficient (Wildman–Crippen LogP) is 1.58. The Morgan fingerprint density at radius 1 is 1.40 bits per heavy atom. The van der Waals surface area contributed by atoms with Crippen LogP contribution in [0.1, 0.15) is 13.3 Å². The van der Waals surface area contributed by atoms with Crippen molar-refractivity contribution in [1.29, 1.82) is 0 Å². The summed E-state index contributed by atoms with van der Waals surface area (Å²) in [6.07, 6.45) is 0.968. The maximum atomic E-state index is 11.7. The molecular weight excluding hydrogens is 190 g/mol. The van der Waals surface area contributed by atoms with Crippen molar-refractivity contribution in [3.63, 3.8) is 0 Å². The van der Waals surface area contributed by atoms with Gasteiger partial charge in [0.15, 0.2) is 0 Å². The highest BCUT2D eigenvalue weighted by atomic mass is 16.2. The molecule has 1 aliphatic heterocycles. The molecule has 4 heteroatoms. The fourth-order valence-corrected chi connectivity index (χ4v) is 1.69. The van der Waals surface area contributed by atoms with Crippen molar-refractivity contribution in [1.82, 2.24) is 5.32 Å². The Morgan fingerprint density at radius 2 is 2.07 bits per heavy atom. The molecule has 0 bridgehead atoms. The lowest BCUT2D eigenvalue weighted by atomic mass is 10.1. The molecule has 2 rings (SSSR count). The summed E-state index contributed by atoms with van der Waals surface area (Å²) in [5.74, 6) is 0. The number of amides is 2. The van der Waals surface area contributed by atoms with Crippen molar-refractivity contribution in [3.05, 3.63) is 24.3 Å². The second kappa shape index (κ2) is 3.81. The molecule has 1 unspecified atom stereocenters. The van der Waals surface area contributed by atoms with Crippen LogP contribution in [0.15, 0.2) is 24.3 Å². The number of carbonyl (C=O) groups excluding carboxylic acids is 1. The summed E-state index contributed by atoms with van der Waals surface area (Å²) in [5, 5.41) is 2.90. The summed E-state index contributed by atoms with van der Waals surface area (Å²) < 4.78 is 0. The molecular formula is C11H15N3O. The molecule has 1 aliphatic rings. The fraction of sp³-hybridized carbons (Fsp3) is 0.364. The number of nitrogens with one attached hydrogen (secondary N) is 1. The quantitative estimate of drug-likeness (QED) is 0.684. The van der Waals surface area contributed by atoms with E-state index >= 15 is 0 Å². The van der Waals surface area contributed by atoms with Crippen molar-refractivity contribution >= 4 is 17.4 Å². The fourth-order valence-electron chi connectivity index (χ4n) is 1.69. The van der Waals surface area contributed by atoms with E-state index in [2.05, 4.69) is 5.32 Å². The molecule has 1 heterocycles. The highest BCUT2D eigenvalue weighted by molar-refractivity contribution is 5.93. The van der Waals surface area contributed by atoms with E-state index in [1.54, 1.807) is 17.0 Å². The molecule has 1 saturated heterocycles. The average Bonchev–Trinajstić information content (AvgIpc) is 2.20. The van der Waals surface area contributed by atoms with Gasteiger partial charge in [0, 0.05) is 24.0 Å². The van der Waals surface area contributed by atoms with E-state index in [4.69, 9.17) is 5.73 Å². The first-order valence-electron chi connectivity index (χ1n) is 5.10. The molecule has 4 nitrogen and oxygen atoms in total. The molecule has 0 saturated carbocycles. The van der Waals surface area contributed by atoms with Crippen molar-refractivity contribution < 1.29 is 4.79 Å². The van der Waals surface area contributed by atoms with Crippen LogP contribution in [0.25, 0.3) is 0 Å². The zero-order chi connectivity index (χ0) is 10.8. The SMILES string of the molecule is CC1CCN(c2ccc(N)cc2)C(=O)N1. The highest BCUT2D eigenvalue weighted by Gasteiger charge is 2.22. The molecule has 1 atom stereocenters. The van der Waals surface area contributed by atoms with Crippen LogP contribution < -0.4 is 16.0 Å². The Kier molecular flexibility index (Phi) is 2.49. The Bertz CT molecular complexity index is 361. The standard InChI is InChI=1S/C11H15N3O/c1-8-6-7-14(11(15)13-8)10-4-2-9(12)3-5-10/h2-5,8H,6-7,12H2,1H3,(H,13,15). The summed E-state index contributed by atoms with van der Waals surface area (Å²) in [7, 11) is 0. The van der Waals surface area contributed by atoms with E-state index < -0.39 is 0 Å². The van der Waals surface area contributed by atoms with Crippen molar-refractivity contribution in [2.24, 2.45) is 0 Å². The number of nitrogen functional groups attached to an aromatic ring is 1. The number of anilines is 2. The Morgan fingerprint density at radius 3 is 2.67 bits per heavy atom. The van der Waals surface area contributed by atoms with E-state index in [1.165, 1.54) is 0 Å². The smallest absolute Gasteiger partial charge is 0.322 e. The highest BCUT2D eigenvalue weighted by Crippen LogP contribution is 2.19. The number of hydrogen-bond acceptors (Lipinski definition) is 2. The maximum Gasteiger partial charge on any atom is 0.322 e. The monoisotopic (exact) mass is 205 g/mol. The molecule has 0 spiro atoms. The van der Waals surface area contributed by atoms with Gasteiger partial charge in [-0.05, 0) is 37.6 Å². The molecule has 1 aromatic carbocycles. The second-order valence-corrected chi connectivity index (χ2v) is 3.88. The van der Waals surface area contributed by atoms with Gasteiger partial charge < -0.3 is 11.1 Å². The first kappa shape index (κ1) is 9.83. The lowest BCUT2D eigenvalue weighted by molar-refractivity contribution is 0.237.